The molecule has 12 atom stereocenters. The number of aliphatic hydroxyl groups excluding tert-OH is 3. The van der Waals surface area contributed by atoms with Gasteiger partial charge in [-0.05, 0) is 52.8 Å². The van der Waals surface area contributed by atoms with Crippen molar-refractivity contribution in [2.24, 2.45) is 23.7 Å². The Balaban J connectivity index is 2.53. The highest BCUT2D eigenvalue weighted by Gasteiger charge is 2.47. The molecule has 3 N–H and O–H groups in total. The number of rotatable bonds is 8. The predicted octanol–water partition coefficient (Wildman–Crippen LogP) is 1.97. The van der Waals surface area contributed by atoms with Gasteiger partial charge in [0.05, 0.1) is 36.9 Å². The maximum absolute atomic E-state index is 13.2. The molecule has 12 nitrogen and oxygen atoms in total. The van der Waals surface area contributed by atoms with Gasteiger partial charge in [0.1, 0.15) is 25.1 Å². The highest BCUT2D eigenvalue weighted by atomic mass is 16.7. The number of cyclic esters (lactones) is 1. The Bertz CT molecular complexity index is 1060. The number of likely N-dealkylation sites (N-methyl/N-ethyl adjacent to an activating group) is 1. The van der Waals surface area contributed by atoms with Gasteiger partial charge in [0.25, 0.3) is 0 Å². The summed E-state index contributed by atoms with van der Waals surface area (Å²) in [7, 11) is 3.42. The molecule has 2 aliphatic heterocycles. The first-order valence-electron chi connectivity index (χ1n) is 15.8. The van der Waals surface area contributed by atoms with Crippen LogP contribution >= 0.6 is 0 Å². The monoisotopic (exact) mass is 639 g/mol. The zero-order valence-corrected chi connectivity index (χ0v) is 27.8. The molecule has 1 unspecified atom stereocenters. The maximum atomic E-state index is 13.2. The molecule has 12 heteroatoms. The number of nitrogens with zero attached hydrogens (tertiary/aromatic N) is 1. The largest absolute Gasteiger partial charge is 0.465 e. The SMILES string of the molecule is CC[C@H]1OC(=O)C[C@@H](O)[C@H](C)C(O[C@@H]2O[C@H](C)[C@@H](O)[C@H](N(C)C)[C@H]2O)[C@@H](CC=O)C[C@@H](C)C(=O)/C=C/C(C)=C/[C@@H]1COC(C)=O. The number of carbonyl (C=O) groups excluding carboxylic acids is 4. The third-order valence-corrected chi connectivity index (χ3v) is 8.83. The van der Waals surface area contributed by atoms with Crippen molar-refractivity contribution in [1.82, 2.24) is 4.90 Å². The first-order chi connectivity index (χ1) is 21.1. The molecule has 0 saturated carbocycles. The van der Waals surface area contributed by atoms with Gasteiger partial charge in [-0.3, -0.25) is 14.4 Å². The van der Waals surface area contributed by atoms with E-state index in [9.17, 15) is 34.5 Å². The summed E-state index contributed by atoms with van der Waals surface area (Å²) in [5, 5.41) is 33.2. The number of esters is 2. The Labute approximate surface area is 266 Å². The normalized spacial score (nSPS) is 39.4. The average molecular weight is 640 g/mol. The lowest BCUT2D eigenvalue weighted by Gasteiger charge is -2.46. The number of hydrogen-bond acceptors (Lipinski definition) is 12. The fourth-order valence-electron chi connectivity index (χ4n) is 6.13. The first kappa shape index (κ1) is 38.7. The van der Waals surface area contributed by atoms with Crippen molar-refractivity contribution in [3.8, 4) is 0 Å². The lowest BCUT2D eigenvalue weighted by atomic mass is 9.79. The van der Waals surface area contributed by atoms with E-state index < -0.39 is 91.0 Å². The van der Waals surface area contributed by atoms with E-state index in [2.05, 4.69) is 0 Å². The van der Waals surface area contributed by atoms with Crippen LogP contribution in [0.1, 0.15) is 67.2 Å². The third-order valence-electron chi connectivity index (χ3n) is 8.83. The van der Waals surface area contributed by atoms with Crippen LogP contribution in [0.3, 0.4) is 0 Å². The van der Waals surface area contributed by atoms with E-state index >= 15 is 0 Å². The molecule has 2 heterocycles. The number of hydrogen-bond donors (Lipinski definition) is 3. The van der Waals surface area contributed by atoms with Crippen molar-refractivity contribution in [1.29, 1.82) is 0 Å². The molecule has 2 aliphatic rings. The van der Waals surface area contributed by atoms with E-state index in [1.807, 2.05) is 6.92 Å². The van der Waals surface area contributed by atoms with Crippen molar-refractivity contribution in [2.75, 3.05) is 20.7 Å². The van der Waals surface area contributed by atoms with Gasteiger partial charge in [0, 0.05) is 31.1 Å². The summed E-state index contributed by atoms with van der Waals surface area (Å²) >= 11 is 0. The van der Waals surface area contributed by atoms with Crippen LogP contribution in [0.5, 0.6) is 0 Å². The van der Waals surface area contributed by atoms with Crippen LogP contribution in [0.4, 0.5) is 0 Å². The molecule has 1 fully saturated rings. The van der Waals surface area contributed by atoms with Crippen LogP contribution in [0.25, 0.3) is 0 Å². The summed E-state index contributed by atoms with van der Waals surface area (Å²) in [4.78, 5) is 51.5. The topological polar surface area (TPSA) is 169 Å². The van der Waals surface area contributed by atoms with Crippen molar-refractivity contribution in [3.05, 3.63) is 23.8 Å². The molecule has 256 valence electrons. The summed E-state index contributed by atoms with van der Waals surface area (Å²) in [6.07, 6.45) is -1.32. The van der Waals surface area contributed by atoms with Gasteiger partial charge >= 0.3 is 11.9 Å². The molecule has 0 spiro atoms. The average Bonchev–Trinajstić information content (AvgIpc) is 2.96. The van der Waals surface area contributed by atoms with Gasteiger partial charge in [-0.15, -0.1) is 0 Å². The summed E-state index contributed by atoms with van der Waals surface area (Å²) in [6.45, 7) is 9.92. The maximum Gasteiger partial charge on any atom is 0.308 e. The smallest absolute Gasteiger partial charge is 0.308 e. The van der Waals surface area contributed by atoms with Crippen LogP contribution in [-0.2, 0) is 38.1 Å². The summed E-state index contributed by atoms with van der Waals surface area (Å²) < 4.78 is 23.3. The van der Waals surface area contributed by atoms with Crippen LogP contribution in [0.15, 0.2) is 23.8 Å². The quantitative estimate of drug-likeness (QED) is 0.261. The minimum Gasteiger partial charge on any atom is -0.465 e. The minimum absolute atomic E-state index is 0.0136. The molecule has 1 saturated heterocycles. The first-order valence-corrected chi connectivity index (χ1v) is 15.8. The van der Waals surface area contributed by atoms with Crippen LogP contribution in [0.2, 0.25) is 0 Å². The molecule has 0 aromatic heterocycles. The molecular formula is C33H53NO11. The molecule has 45 heavy (non-hydrogen) atoms. The number of allylic oxidation sites excluding steroid dienone is 3. The van der Waals surface area contributed by atoms with Crippen LogP contribution in [0, 0.1) is 23.7 Å². The fourth-order valence-corrected chi connectivity index (χ4v) is 6.13. The zero-order valence-electron chi connectivity index (χ0n) is 27.8. The second-order valence-electron chi connectivity index (χ2n) is 12.7. The molecular weight excluding hydrogens is 586 g/mol. The van der Waals surface area contributed by atoms with Crippen LogP contribution in [-0.4, -0.2) is 114 Å². The number of carbonyl (C=O) groups is 4. The molecule has 0 bridgehead atoms. The lowest BCUT2D eigenvalue weighted by molar-refractivity contribution is -0.304. The van der Waals surface area contributed by atoms with Crippen LogP contribution < -0.4 is 0 Å². The highest BCUT2D eigenvalue weighted by Crippen LogP contribution is 2.34. The molecule has 0 aromatic rings. The third kappa shape index (κ3) is 11.1. The second kappa shape index (κ2) is 18.0. The Morgan fingerprint density at radius 1 is 1.11 bits per heavy atom. The van der Waals surface area contributed by atoms with E-state index in [0.717, 1.165) is 6.29 Å². The minimum atomic E-state index is -1.29. The summed E-state index contributed by atoms with van der Waals surface area (Å²) in [5.74, 6) is -3.75. The Kier molecular flexibility index (Phi) is 15.5. The Morgan fingerprint density at radius 2 is 1.78 bits per heavy atom. The summed E-state index contributed by atoms with van der Waals surface area (Å²) in [6, 6.07) is -0.725. The van der Waals surface area contributed by atoms with Gasteiger partial charge < -0.3 is 44.0 Å². The van der Waals surface area contributed by atoms with Gasteiger partial charge in [0.15, 0.2) is 12.1 Å². The number of ether oxygens (including phenoxy) is 4. The van der Waals surface area contributed by atoms with Gasteiger partial charge in [-0.2, -0.15) is 0 Å². The van der Waals surface area contributed by atoms with Gasteiger partial charge in [-0.1, -0.05) is 38.5 Å². The van der Waals surface area contributed by atoms with E-state index in [1.165, 1.54) is 13.0 Å². The standard InChI is InChI=1S/C33H53NO11/c1-9-27-24(17-42-22(6)36)14-18(2)10-11-25(37)19(3)15-23(12-13-35)32(20(4)26(38)16-28(39)44-27)45-33-31(41)29(34(7)8)30(40)21(5)43-33/h10-11,13-14,19-21,23-24,26-27,29-33,38,40-41H,9,12,15-17H2,1-8H3/b11-10+,18-14+/t19-,20+,21-,23+,24-,26-,27-,29+,30-,31-,32?,33+/m1/s1. The molecule has 0 radical (unpaired) electrons. The number of aldehydes is 1. The number of ketones is 1. The van der Waals surface area contributed by atoms with Gasteiger partial charge in [0.2, 0.25) is 0 Å². The van der Waals surface area contributed by atoms with Gasteiger partial charge in [-0.25, -0.2) is 0 Å². The predicted molar refractivity (Wildman–Crippen MR) is 165 cm³/mol. The van der Waals surface area contributed by atoms with Crippen molar-refractivity contribution < 1.29 is 53.4 Å². The fraction of sp³-hybridized carbons (Fsp3) is 0.758. The highest BCUT2D eigenvalue weighted by molar-refractivity contribution is 5.91. The van der Waals surface area contributed by atoms with E-state index in [1.54, 1.807) is 58.8 Å². The molecule has 0 amide bonds. The van der Waals surface area contributed by atoms with Crippen molar-refractivity contribution in [2.45, 2.75) is 116 Å². The van der Waals surface area contributed by atoms with E-state index in [-0.39, 0.29) is 25.2 Å². The lowest BCUT2D eigenvalue weighted by Crippen LogP contribution is -2.63. The van der Waals surface area contributed by atoms with Crippen molar-refractivity contribution >= 4 is 24.0 Å². The van der Waals surface area contributed by atoms with E-state index in [0.29, 0.717) is 12.0 Å². The second-order valence-corrected chi connectivity index (χ2v) is 12.7. The molecule has 2 rings (SSSR count). The summed E-state index contributed by atoms with van der Waals surface area (Å²) in [5.41, 5.74) is 0.698. The van der Waals surface area contributed by atoms with E-state index in [4.69, 9.17) is 18.9 Å². The van der Waals surface area contributed by atoms with Crippen molar-refractivity contribution in [3.63, 3.8) is 0 Å². The molecule has 0 aliphatic carbocycles. The Morgan fingerprint density at radius 3 is 2.36 bits per heavy atom. The number of aliphatic hydroxyl groups is 3. The molecule has 0 aromatic carbocycles. The Hall–Kier alpha value is -2.48. The zero-order chi connectivity index (χ0) is 34.0.